The maximum atomic E-state index is 12.7. The molecule has 0 spiro atoms. The maximum absolute atomic E-state index is 12.7. The highest BCUT2D eigenvalue weighted by atomic mass is 16.6. The fraction of sp³-hybridized carbons (Fsp3) is 0.300. The summed E-state index contributed by atoms with van der Waals surface area (Å²) in [7, 11) is 0. The number of carbonyl (C=O) groups is 2. The Bertz CT molecular complexity index is 699. The summed E-state index contributed by atoms with van der Waals surface area (Å²) in [5, 5.41) is 0. The van der Waals surface area contributed by atoms with Gasteiger partial charge in [0, 0.05) is 6.42 Å². The number of hydrogen-bond donors (Lipinski definition) is 0. The summed E-state index contributed by atoms with van der Waals surface area (Å²) in [6.07, 6.45) is 0.392. The number of ether oxygens (including phenoxy) is 1. The highest BCUT2D eigenvalue weighted by Gasteiger charge is 2.38. The first-order chi connectivity index (χ1) is 11.6. The zero-order chi connectivity index (χ0) is 16.9. The van der Waals surface area contributed by atoms with Gasteiger partial charge in [-0.2, -0.15) is 0 Å². The molecule has 1 saturated heterocycles. The van der Waals surface area contributed by atoms with Gasteiger partial charge in [0.15, 0.2) is 0 Å². The van der Waals surface area contributed by atoms with Gasteiger partial charge in [-0.1, -0.05) is 67.6 Å². The van der Waals surface area contributed by atoms with E-state index in [2.05, 4.69) is 0 Å². The second-order valence-electron chi connectivity index (χ2n) is 6.20. The molecule has 2 amide bonds. The van der Waals surface area contributed by atoms with Crippen LogP contribution in [0.25, 0.3) is 0 Å². The lowest BCUT2D eigenvalue weighted by Crippen LogP contribution is -2.40. The molecule has 0 bridgehead atoms. The number of hydrogen-bond acceptors (Lipinski definition) is 3. The molecule has 3 rings (SSSR count). The highest BCUT2D eigenvalue weighted by molar-refractivity contribution is 5.93. The van der Waals surface area contributed by atoms with Crippen molar-refractivity contribution in [2.75, 3.05) is 6.61 Å². The van der Waals surface area contributed by atoms with E-state index in [-0.39, 0.29) is 24.5 Å². The lowest BCUT2D eigenvalue weighted by Gasteiger charge is -2.21. The minimum atomic E-state index is -0.527. The topological polar surface area (TPSA) is 46.6 Å². The van der Waals surface area contributed by atoms with Crippen LogP contribution in [0.5, 0.6) is 0 Å². The summed E-state index contributed by atoms with van der Waals surface area (Å²) in [4.78, 5) is 26.0. The van der Waals surface area contributed by atoms with Gasteiger partial charge in [0.1, 0.15) is 6.61 Å². The van der Waals surface area contributed by atoms with Crippen LogP contribution in [0.4, 0.5) is 4.79 Å². The van der Waals surface area contributed by atoms with Crippen molar-refractivity contribution in [3.63, 3.8) is 0 Å². The van der Waals surface area contributed by atoms with E-state index < -0.39 is 6.09 Å². The van der Waals surface area contributed by atoms with Gasteiger partial charge in [-0.3, -0.25) is 4.79 Å². The smallest absolute Gasteiger partial charge is 0.416 e. The third kappa shape index (κ3) is 3.65. The summed E-state index contributed by atoms with van der Waals surface area (Å²) in [5.74, 6) is -0.112. The summed E-state index contributed by atoms with van der Waals surface area (Å²) < 4.78 is 5.12. The van der Waals surface area contributed by atoms with Crippen LogP contribution in [-0.4, -0.2) is 29.5 Å². The molecule has 0 aliphatic carbocycles. The van der Waals surface area contributed by atoms with Gasteiger partial charge < -0.3 is 4.74 Å². The van der Waals surface area contributed by atoms with Crippen LogP contribution in [0, 0.1) is 0 Å². The molecule has 2 aromatic carbocycles. The van der Waals surface area contributed by atoms with Crippen molar-refractivity contribution in [3.8, 4) is 0 Å². The van der Waals surface area contributed by atoms with Gasteiger partial charge in [-0.25, -0.2) is 9.69 Å². The van der Waals surface area contributed by atoms with Crippen molar-refractivity contribution in [2.24, 2.45) is 0 Å². The van der Waals surface area contributed by atoms with Crippen LogP contribution < -0.4 is 0 Å². The number of carbonyl (C=O) groups excluding carboxylic acids is 2. The van der Waals surface area contributed by atoms with E-state index in [1.54, 1.807) is 0 Å². The van der Waals surface area contributed by atoms with E-state index >= 15 is 0 Å². The van der Waals surface area contributed by atoms with Gasteiger partial charge in [0.05, 0.1) is 6.04 Å². The normalized spacial score (nSPS) is 18.3. The fourth-order valence-corrected chi connectivity index (χ4v) is 3.06. The van der Waals surface area contributed by atoms with Crippen LogP contribution >= 0.6 is 0 Å². The Labute approximate surface area is 142 Å². The van der Waals surface area contributed by atoms with Crippen LogP contribution in [0.3, 0.4) is 0 Å². The number of imide groups is 1. The summed E-state index contributed by atoms with van der Waals surface area (Å²) in [6.45, 7) is 2.26. The fourth-order valence-electron chi connectivity index (χ4n) is 3.06. The first-order valence-corrected chi connectivity index (χ1v) is 8.23. The predicted octanol–water partition coefficient (Wildman–Crippen LogP) is 3.77. The molecule has 0 unspecified atom stereocenters. The van der Waals surface area contributed by atoms with Crippen LogP contribution in [0.2, 0.25) is 0 Å². The Morgan fingerprint density at radius 3 is 2.42 bits per heavy atom. The monoisotopic (exact) mass is 323 g/mol. The van der Waals surface area contributed by atoms with E-state index in [0.717, 1.165) is 11.1 Å². The molecule has 1 heterocycles. The van der Waals surface area contributed by atoms with Gasteiger partial charge in [0.2, 0.25) is 5.91 Å². The van der Waals surface area contributed by atoms with Gasteiger partial charge >= 0.3 is 6.09 Å². The molecule has 2 atom stereocenters. The van der Waals surface area contributed by atoms with Crippen LogP contribution in [0.15, 0.2) is 60.7 Å². The maximum Gasteiger partial charge on any atom is 0.416 e. The van der Waals surface area contributed by atoms with Crippen LogP contribution in [-0.2, 0) is 16.0 Å². The molecule has 0 radical (unpaired) electrons. The van der Waals surface area contributed by atoms with Crippen LogP contribution in [0.1, 0.15) is 30.4 Å². The number of amides is 2. The Kier molecular flexibility index (Phi) is 4.94. The van der Waals surface area contributed by atoms with Gasteiger partial charge in [-0.15, -0.1) is 0 Å². The molecule has 2 aromatic rings. The Hall–Kier alpha value is -2.62. The minimum Gasteiger partial charge on any atom is -0.447 e. The second kappa shape index (κ2) is 7.30. The van der Waals surface area contributed by atoms with Crippen molar-refractivity contribution in [1.82, 2.24) is 4.90 Å². The Morgan fingerprint density at radius 1 is 1.12 bits per heavy atom. The molecule has 0 saturated carbocycles. The molecule has 1 fully saturated rings. The van der Waals surface area contributed by atoms with Crippen molar-refractivity contribution in [1.29, 1.82) is 0 Å². The molecule has 1 aliphatic heterocycles. The SMILES string of the molecule is C[C@H](CC(=O)N1C(=O)OC[C@@H]1Cc1ccccc1)c1ccccc1. The van der Waals surface area contributed by atoms with E-state index in [1.165, 1.54) is 4.90 Å². The number of nitrogens with zero attached hydrogens (tertiary/aromatic N) is 1. The Morgan fingerprint density at radius 2 is 1.75 bits per heavy atom. The molecule has 24 heavy (non-hydrogen) atoms. The number of cyclic esters (lactones) is 1. The second-order valence-corrected chi connectivity index (χ2v) is 6.20. The van der Waals surface area contributed by atoms with E-state index in [9.17, 15) is 9.59 Å². The molecular weight excluding hydrogens is 302 g/mol. The zero-order valence-corrected chi connectivity index (χ0v) is 13.7. The molecule has 1 aliphatic rings. The van der Waals surface area contributed by atoms with E-state index in [1.807, 2.05) is 67.6 Å². The number of rotatable bonds is 5. The van der Waals surface area contributed by atoms with Crippen molar-refractivity contribution in [2.45, 2.75) is 31.7 Å². The third-order valence-corrected chi connectivity index (χ3v) is 4.39. The lowest BCUT2D eigenvalue weighted by atomic mass is 9.97. The standard InChI is InChI=1S/C20H21NO3/c1-15(17-10-6-3-7-11-17)12-19(22)21-18(14-24-20(21)23)13-16-8-4-2-5-9-16/h2-11,15,18H,12-14H2,1H3/t15-,18+/m1/s1. The lowest BCUT2D eigenvalue weighted by molar-refractivity contribution is -0.129. The average Bonchev–Trinajstić information content (AvgIpc) is 2.97. The Balaban J connectivity index is 1.68. The quantitative estimate of drug-likeness (QED) is 0.841. The van der Waals surface area contributed by atoms with E-state index in [4.69, 9.17) is 4.74 Å². The summed E-state index contributed by atoms with van der Waals surface area (Å²) in [5.41, 5.74) is 2.19. The molecular formula is C20H21NO3. The molecule has 0 aromatic heterocycles. The van der Waals surface area contributed by atoms with Crippen molar-refractivity contribution >= 4 is 12.0 Å². The zero-order valence-electron chi connectivity index (χ0n) is 13.7. The molecule has 0 N–H and O–H groups in total. The first-order valence-electron chi connectivity index (χ1n) is 8.23. The molecule has 124 valence electrons. The average molecular weight is 323 g/mol. The predicted molar refractivity (Wildman–Crippen MR) is 91.6 cm³/mol. The number of benzene rings is 2. The largest absolute Gasteiger partial charge is 0.447 e. The minimum absolute atomic E-state index is 0.0597. The summed E-state index contributed by atoms with van der Waals surface area (Å²) in [6, 6.07) is 19.5. The van der Waals surface area contributed by atoms with E-state index in [0.29, 0.717) is 12.8 Å². The first kappa shape index (κ1) is 16.2. The highest BCUT2D eigenvalue weighted by Crippen LogP contribution is 2.24. The van der Waals surface area contributed by atoms with Gasteiger partial charge in [0.25, 0.3) is 0 Å². The third-order valence-electron chi connectivity index (χ3n) is 4.39. The molecule has 4 heteroatoms. The van der Waals surface area contributed by atoms with Crippen molar-refractivity contribution in [3.05, 3.63) is 71.8 Å². The summed E-state index contributed by atoms with van der Waals surface area (Å²) >= 11 is 0. The molecule has 4 nitrogen and oxygen atoms in total. The van der Waals surface area contributed by atoms with Crippen molar-refractivity contribution < 1.29 is 14.3 Å². The van der Waals surface area contributed by atoms with Gasteiger partial charge in [-0.05, 0) is 23.5 Å².